The molecule has 0 saturated carbocycles. The molecule has 0 fully saturated rings. The summed E-state index contributed by atoms with van der Waals surface area (Å²) in [6.45, 7) is 0. The molecule has 0 aliphatic heterocycles. The fourth-order valence-corrected chi connectivity index (χ4v) is 3.82. The van der Waals surface area contributed by atoms with E-state index >= 15 is 0 Å². The first-order valence-electron chi connectivity index (χ1n) is 11.1. The molecule has 32 nitrogen and oxygen atoms in total. The van der Waals surface area contributed by atoms with E-state index < -0.39 is 135 Å². The van der Waals surface area contributed by atoms with Crippen molar-refractivity contribution in [1.82, 2.24) is 0 Å². The van der Waals surface area contributed by atoms with E-state index in [2.05, 4.69) is 25.1 Å². The van der Waals surface area contributed by atoms with E-state index in [1.54, 1.807) is 0 Å². The van der Waals surface area contributed by atoms with Crippen LogP contribution in [-0.2, 0) is 116 Å². The Morgan fingerprint density at radius 2 is 0.518 bits per heavy atom. The van der Waals surface area contributed by atoms with E-state index in [9.17, 15) is 79.3 Å². The third kappa shape index (κ3) is 41.0. The van der Waals surface area contributed by atoms with Crippen LogP contribution in [0.25, 0.3) is 0 Å². The Bertz CT molecular complexity index is 1760. The lowest BCUT2D eigenvalue weighted by atomic mass is 10.2. The van der Waals surface area contributed by atoms with Crippen LogP contribution in [0.15, 0.2) is 0 Å². The molecule has 0 aromatic carbocycles. The van der Waals surface area contributed by atoms with Crippen molar-refractivity contribution >= 4 is 147 Å². The molecule has 42 heteroatoms. The summed E-state index contributed by atoms with van der Waals surface area (Å²) >= 11 is 0. The van der Waals surface area contributed by atoms with Gasteiger partial charge in [-0.25, -0.2) is 19.2 Å². The van der Waals surface area contributed by atoms with Gasteiger partial charge in [-0.05, 0) is 0 Å². The van der Waals surface area contributed by atoms with Gasteiger partial charge in [0.15, 0.2) is 24.4 Å². The van der Waals surface area contributed by atoms with Crippen molar-refractivity contribution in [2.75, 3.05) is 12.5 Å². The summed E-state index contributed by atoms with van der Waals surface area (Å²) in [6.07, 6.45) is -11.3. The summed E-state index contributed by atoms with van der Waals surface area (Å²) in [6, 6.07) is 0. The molecule has 0 aliphatic carbocycles. The third-order valence-electron chi connectivity index (χ3n) is 3.34. The number of rotatable bonds is 15. The van der Waals surface area contributed by atoms with Crippen LogP contribution >= 0.6 is 49.6 Å². The number of hydrogen-bond donors (Lipinski definition) is 8. The zero-order valence-corrected chi connectivity index (χ0v) is 34.3. The highest BCUT2D eigenvalue weighted by atomic mass is 35.5. The third-order valence-corrected chi connectivity index (χ3v) is 5.81. The molecule has 0 aromatic rings. The van der Waals surface area contributed by atoms with Gasteiger partial charge < -0.3 is 45.5 Å². The lowest BCUT2D eigenvalue weighted by Gasteiger charge is -2.12. The average Bonchev–Trinajstić information content (AvgIpc) is 2.85. The fourth-order valence-electron chi connectivity index (χ4n) is 1.75. The first kappa shape index (κ1) is 68.1. The van der Waals surface area contributed by atoms with E-state index in [0.717, 1.165) is 0 Å². The van der Waals surface area contributed by atoms with Crippen molar-refractivity contribution in [3.05, 3.63) is 0 Å². The highest BCUT2D eigenvalue weighted by Gasteiger charge is 2.38. The minimum atomic E-state index is -5.30. The summed E-state index contributed by atoms with van der Waals surface area (Å²) in [5, 5.41) is 35.4. The molecular formula is C14H26Cl4O32S6. The molecular weight excluding hydrogens is 1010 g/mol. The molecule has 0 aliphatic rings. The highest BCUT2D eigenvalue weighted by Crippen LogP contribution is 2.05. The van der Waals surface area contributed by atoms with E-state index in [1.165, 1.54) is 0 Å². The van der Waals surface area contributed by atoms with Gasteiger partial charge in [-0.1, -0.05) is 0 Å². The number of aliphatic hydroxyl groups is 4. The molecule has 4 atom stereocenters. The molecule has 338 valence electrons. The van der Waals surface area contributed by atoms with Crippen molar-refractivity contribution in [3.8, 4) is 0 Å². The van der Waals surface area contributed by atoms with Crippen LogP contribution in [0.3, 0.4) is 0 Å². The van der Waals surface area contributed by atoms with Gasteiger partial charge in [0, 0.05) is 0 Å². The molecule has 0 rings (SSSR count). The maximum Gasteiger partial charge on any atom is 0.449 e. The SMILES string of the molecule is CS(=O)(=O)OC(=O)CCC(=O)OS(C)(=O)=O.Cl.Cl.Cl.Cl.O=C(OS(=O)(=O)O)C(O)C(O)C(=O)OS(=O)(=O)O.O=C(OS(=O)(=O)O)C(O)C(O)C(=O)OS(=O)(=O)O. The van der Waals surface area contributed by atoms with Crippen molar-refractivity contribution in [1.29, 1.82) is 0 Å². The van der Waals surface area contributed by atoms with Gasteiger partial charge in [0.2, 0.25) is 0 Å². The molecule has 0 bridgehead atoms. The van der Waals surface area contributed by atoms with Gasteiger partial charge in [0.05, 0.1) is 25.4 Å². The maximum absolute atomic E-state index is 10.8. The van der Waals surface area contributed by atoms with E-state index in [0.29, 0.717) is 12.5 Å². The summed E-state index contributed by atoms with van der Waals surface area (Å²) in [4.78, 5) is 64.3. The molecule has 4 unspecified atom stereocenters. The summed E-state index contributed by atoms with van der Waals surface area (Å²) in [7, 11) is -29.1. The van der Waals surface area contributed by atoms with Crippen molar-refractivity contribution in [2.45, 2.75) is 37.3 Å². The van der Waals surface area contributed by atoms with Crippen LogP contribution in [0.4, 0.5) is 0 Å². The molecule has 8 N–H and O–H groups in total. The topological polar surface area (TPSA) is 524 Å². The summed E-state index contributed by atoms with van der Waals surface area (Å²) in [5.41, 5.74) is 0. The standard InChI is InChI=1S/C6H10O8S2.2C4H6O12S2.4ClH/c1-15(9,10)13-5(7)3-4-6(8)14-16(2,11)12;2*5-1(3(7)15-17(9,10)11)2(6)4(8)16-18(12,13)14;;;;/h3-4H2,1-2H3;2*1-2,5-6H,(H,9,10,11)(H,12,13,14);4*1H. The van der Waals surface area contributed by atoms with Crippen LogP contribution in [0.5, 0.6) is 0 Å². The quantitative estimate of drug-likeness (QED) is 0.0558. The lowest BCUT2D eigenvalue weighted by Crippen LogP contribution is -2.42. The van der Waals surface area contributed by atoms with Crippen molar-refractivity contribution < 1.29 is 143 Å². The second-order valence-electron chi connectivity index (χ2n) is 7.92. The Morgan fingerprint density at radius 1 is 0.375 bits per heavy atom. The predicted octanol–water partition coefficient (Wildman–Crippen LogP) is -6.74. The first-order chi connectivity index (χ1) is 22.7. The Morgan fingerprint density at radius 3 is 0.625 bits per heavy atom. The Balaban J connectivity index is -0.000000124. The first-order valence-corrected chi connectivity index (χ1v) is 20.2. The van der Waals surface area contributed by atoms with Gasteiger partial charge in [-0.3, -0.25) is 27.8 Å². The average molecular weight is 1040 g/mol. The van der Waals surface area contributed by atoms with Crippen molar-refractivity contribution in [3.63, 3.8) is 0 Å². The Kier molecular flexibility index (Phi) is 33.0. The minimum Gasteiger partial charge on any atom is -0.379 e. The fraction of sp³-hybridized carbons (Fsp3) is 0.571. The van der Waals surface area contributed by atoms with Gasteiger partial charge in [0.25, 0.3) is 0 Å². The van der Waals surface area contributed by atoms with Crippen LogP contribution in [0.1, 0.15) is 12.8 Å². The number of carbonyl (C=O) groups excluding carboxylic acids is 6. The van der Waals surface area contributed by atoms with Crippen LogP contribution in [0.2, 0.25) is 0 Å². The maximum atomic E-state index is 10.8. The molecule has 0 spiro atoms. The second kappa shape index (κ2) is 27.1. The van der Waals surface area contributed by atoms with Crippen molar-refractivity contribution in [2.24, 2.45) is 0 Å². The van der Waals surface area contributed by atoms with Gasteiger partial charge in [0.1, 0.15) is 0 Å². The molecule has 0 aromatic heterocycles. The zero-order chi connectivity index (χ0) is 42.4. The van der Waals surface area contributed by atoms with E-state index in [1.807, 2.05) is 0 Å². The number of carbonyl (C=O) groups is 6. The Hall–Kier alpha value is -2.64. The second-order valence-corrected chi connectivity index (χ2v) is 15.2. The summed E-state index contributed by atoms with van der Waals surface area (Å²) < 4.78 is 175. The van der Waals surface area contributed by atoms with Gasteiger partial charge in [-0.2, -0.15) is 50.5 Å². The highest BCUT2D eigenvalue weighted by molar-refractivity contribution is 7.86. The number of aliphatic hydroxyl groups excluding tert-OH is 4. The van der Waals surface area contributed by atoms with E-state index in [4.69, 9.17) is 38.6 Å². The molecule has 0 amide bonds. The zero-order valence-electron chi connectivity index (χ0n) is 26.2. The predicted molar refractivity (Wildman–Crippen MR) is 175 cm³/mol. The summed E-state index contributed by atoms with van der Waals surface area (Å²) in [5.74, 6) is -11.1. The van der Waals surface area contributed by atoms with E-state index in [-0.39, 0.29) is 49.6 Å². The lowest BCUT2D eigenvalue weighted by molar-refractivity contribution is -0.162. The molecule has 0 saturated heterocycles. The Labute approximate surface area is 338 Å². The largest absolute Gasteiger partial charge is 0.449 e. The van der Waals surface area contributed by atoms with Crippen LogP contribution < -0.4 is 0 Å². The van der Waals surface area contributed by atoms with Gasteiger partial charge >= 0.3 is 97.6 Å². The van der Waals surface area contributed by atoms with Gasteiger partial charge in [-0.15, -0.1) is 49.6 Å². The van der Waals surface area contributed by atoms with Crippen LogP contribution in [0, 0.1) is 0 Å². The smallest absolute Gasteiger partial charge is 0.379 e. The molecule has 0 heterocycles. The molecule has 0 radical (unpaired) electrons. The molecule has 56 heavy (non-hydrogen) atoms. The monoisotopic (exact) mass is 1040 g/mol. The normalized spacial score (nSPS) is 13.4. The van der Waals surface area contributed by atoms with Crippen LogP contribution in [-0.4, -0.2) is 162 Å². The number of halogens is 4. The minimum absolute atomic E-state index is 0. The number of hydrogen-bond acceptors (Lipinski definition) is 28.